The van der Waals surface area contributed by atoms with Crippen LogP contribution in [0, 0.1) is 0 Å². The van der Waals surface area contributed by atoms with E-state index in [0.717, 1.165) is 19.3 Å². The Labute approximate surface area is 119 Å². The Kier molecular flexibility index (Phi) is 5.91. The van der Waals surface area contributed by atoms with Crippen molar-refractivity contribution in [2.24, 2.45) is 0 Å². The standard InChI is InChI=1S/C13H23ClN2O3/c1-13(2,3)19-12(18)16-7-5-4-6-10(16)9-15-11(17)8-14/h10H,4-9H2,1-3H3,(H,15,17)/t10-/m0/s1. The van der Waals surface area contributed by atoms with Crippen molar-refractivity contribution in [3.63, 3.8) is 0 Å². The number of hydrogen-bond acceptors (Lipinski definition) is 3. The van der Waals surface area contributed by atoms with E-state index < -0.39 is 5.60 Å². The second-order valence-corrected chi connectivity index (χ2v) is 6.03. The molecule has 0 saturated carbocycles. The molecule has 1 rings (SSSR count). The summed E-state index contributed by atoms with van der Waals surface area (Å²) in [7, 11) is 0. The van der Waals surface area contributed by atoms with Crippen molar-refractivity contribution in [1.82, 2.24) is 10.2 Å². The van der Waals surface area contributed by atoms with E-state index in [4.69, 9.17) is 16.3 Å². The third-order valence-electron chi connectivity index (χ3n) is 2.91. The van der Waals surface area contributed by atoms with Crippen LogP contribution < -0.4 is 5.32 Å². The Morgan fingerprint density at radius 1 is 1.37 bits per heavy atom. The normalized spacial score (nSPS) is 20.0. The predicted octanol–water partition coefficient (Wildman–Crippen LogP) is 2.13. The van der Waals surface area contributed by atoms with E-state index in [1.165, 1.54) is 0 Å². The smallest absolute Gasteiger partial charge is 0.410 e. The average molecular weight is 291 g/mol. The number of halogens is 1. The van der Waals surface area contributed by atoms with Gasteiger partial charge in [0.05, 0.1) is 6.04 Å². The van der Waals surface area contributed by atoms with Crippen molar-refractivity contribution >= 4 is 23.6 Å². The minimum Gasteiger partial charge on any atom is -0.444 e. The van der Waals surface area contributed by atoms with Crippen molar-refractivity contribution in [2.75, 3.05) is 19.0 Å². The highest BCUT2D eigenvalue weighted by atomic mass is 35.5. The van der Waals surface area contributed by atoms with Crippen molar-refractivity contribution in [3.05, 3.63) is 0 Å². The van der Waals surface area contributed by atoms with Crippen LogP contribution in [-0.2, 0) is 9.53 Å². The Morgan fingerprint density at radius 2 is 2.05 bits per heavy atom. The fourth-order valence-electron chi connectivity index (χ4n) is 2.05. The molecule has 1 N–H and O–H groups in total. The molecule has 1 aliphatic rings. The number of carbonyl (C=O) groups excluding carboxylic acids is 2. The Balaban J connectivity index is 2.56. The number of amides is 2. The molecule has 1 aliphatic heterocycles. The number of alkyl halides is 1. The molecule has 0 bridgehead atoms. The highest BCUT2D eigenvalue weighted by molar-refractivity contribution is 6.27. The third-order valence-corrected chi connectivity index (χ3v) is 3.15. The summed E-state index contributed by atoms with van der Waals surface area (Å²) in [5.74, 6) is -0.268. The van der Waals surface area contributed by atoms with Gasteiger partial charge < -0.3 is 15.0 Å². The molecule has 0 aromatic rings. The van der Waals surface area contributed by atoms with Crippen LogP contribution in [0.4, 0.5) is 4.79 Å². The molecule has 0 aliphatic carbocycles. The molecule has 6 heteroatoms. The summed E-state index contributed by atoms with van der Waals surface area (Å²) >= 11 is 5.44. The third kappa shape index (κ3) is 5.68. The van der Waals surface area contributed by atoms with E-state index in [1.54, 1.807) is 4.90 Å². The number of ether oxygens (including phenoxy) is 1. The molecule has 1 atom stereocenters. The van der Waals surface area contributed by atoms with Gasteiger partial charge in [-0.25, -0.2) is 4.79 Å². The van der Waals surface area contributed by atoms with E-state index in [-0.39, 0.29) is 23.9 Å². The summed E-state index contributed by atoms with van der Waals surface area (Å²) < 4.78 is 5.39. The number of hydrogen-bond donors (Lipinski definition) is 1. The molecular weight excluding hydrogens is 268 g/mol. The van der Waals surface area contributed by atoms with Crippen molar-refractivity contribution in [1.29, 1.82) is 0 Å². The molecule has 0 aromatic carbocycles. The maximum Gasteiger partial charge on any atom is 0.410 e. The van der Waals surface area contributed by atoms with Crippen LogP contribution in [0.15, 0.2) is 0 Å². The molecular formula is C13H23ClN2O3. The Hall–Kier alpha value is -0.970. The Bertz CT molecular complexity index is 328. The lowest BCUT2D eigenvalue weighted by Gasteiger charge is -2.36. The maximum atomic E-state index is 12.1. The minimum absolute atomic E-state index is 0.00392. The molecule has 0 unspecified atom stereocenters. The van der Waals surface area contributed by atoms with Crippen molar-refractivity contribution in [2.45, 2.75) is 51.7 Å². The van der Waals surface area contributed by atoms with Gasteiger partial charge >= 0.3 is 6.09 Å². The summed E-state index contributed by atoms with van der Waals surface area (Å²) in [5, 5.41) is 2.73. The molecule has 0 radical (unpaired) electrons. The Morgan fingerprint density at radius 3 is 2.63 bits per heavy atom. The average Bonchev–Trinajstić information content (AvgIpc) is 2.34. The lowest BCUT2D eigenvalue weighted by atomic mass is 10.0. The van der Waals surface area contributed by atoms with Crippen LogP contribution in [0.25, 0.3) is 0 Å². The fraction of sp³-hybridized carbons (Fsp3) is 0.846. The van der Waals surface area contributed by atoms with Crippen LogP contribution in [-0.4, -0.2) is 47.5 Å². The van der Waals surface area contributed by atoms with Crippen molar-refractivity contribution in [3.8, 4) is 0 Å². The van der Waals surface area contributed by atoms with Gasteiger partial charge in [0, 0.05) is 13.1 Å². The summed E-state index contributed by atoms with van der Waals surface area (Å²) in [6.07, 6.45) is 2.60. The highest BCUT2D eigenvalue weighted by Crippen LogP contribution is 2.19. The molecule has 110 valence electrons. The van der Waals surface area contributed by atoms with Crippen molar-refractivity contribution < 1.29 is 14.3 Å². The topological polar surface area (TPSA) is 58.6 Å². The number of piperidine rings is 1. The first-order valence-corrected chi connectivity index (χ1v) is 7.19. The zero-order chi connectivity index (χ0) is 14.5. The van der Waals surface area contributed by atoms with Crippen LogP contribution in [0.3, 0.4) is 0 Å². The van der Waals surface area contributed by atoms with Gasteiger partial charge in [-0.15, -0.1) is 11.6 Å². The largest absolute Gasteiger partial charge is 0.444 e. The van der Waals surface area contributed by atoms with Gasteiger partial charge in [-0.05, 0) is 40.0 Å². The first kappa shape index (κ1) is 16.1. The molecule has 0 spiro atoms. The van der Waals surface area contributed by atoms with Gasteiger partial charge in [-0.3, -0.25) is 4.79 Å². The van der Waals surface area contributed by atoms with Crippen LogP contribution in [0.1, 0.15) is 40.0 Å². The minimum atomic E-state index is -0.502. The molecule has 1 fully saturated rings. The van der Waals surface area contributed by atoms with Crippen LogP contribution >= 0.6 is 11.6 Å². The first-order valence-electron chi connectivity index (χ1n) is 6.66. The number of nitrogens with one attached hydrogen (secondary N) is 1. The number of likely N-dealkylation sites (tertiary alicyclic amines) is 1. The zero-order valence-corrected chi connectivity index (χ0v) is 12.6. The number of nitrogens with zero attached hydrogens (tertiary/aromatic N) is 1. The number of carbonyl (C=O) groups is 2. The van der Waals surface area contributed by atoms with Gasteiger partial charge in [0.2, 0.25) is 5.91 Å². The maximum absolute atomic E-state index is 12.1. The first-order chi connectivity index (χ1) is 8.83. The van der Waals surface area contributed by atoms with E-state index in [1.807, 2.05) is 20.8 Å². The molecule has 1 saturated heterocycles. The van der Waals surface area contributed by atoms with E-state index in [9.17, 15) is 9.59 Å². The van der Waals surface area contributed by atoms with E-state index in [2.05, 4.69) is 5.32 Å². The van der Waals surface area contributed by atoms with E-state index in [0.29, 0.717) is 13.1 Å². The summed E-state index contributed by atoms with van der Waals surface area (Å²) in [6.45, 7) is 6.65. The molecule has 0 aromatic heterocycles. The molecule has 19 heavy (non-hydrogen) atoms. The van der Waals surface area contributed by atoms with Gasteiger partial charge in [0.15, 0.2) is 0 Å². The van der Waals surface area contributed by atoms with E-state index >= 15 is 0 Å². The van der Waals surface area contributed by atoms with Gasteiger partial charge in [-0.2, -0.15) is 0 Å². The summed E-state index contributed by atoms with van der Waals surface area (Å²) in [4.78, 5) is 25.0. The fourth-order valence-corrected chi connectivity index (χ4v) is 2.15. The number of rotatable bonds is 3. The zero-order valence-electron chi connectivity index (χ0n) is 11.9. The highest BCUT2D eigenvalue weighted by Gasteiger charge is 2.30. The van der Waals surface area contributed by atoms with Gasteiger partial charge in [-0.1, -0.05) is 0 Å². The molecule has 1 heterocycles. The second-order valence-electron chi connectivity index (χ2n) is 5.76. The quantitative estimate of drug-likeness (QED) is 0.810. The van der Waals surface area contributed by atoms with Crippen LogP contribution in [0.5, 0.6) is 0 Å². The molecule has 2 amide bonds. The van der Waals surface area contributed by atoms with Gasteiger partial charge in [0.1, 0.15) is 11.5 Å². The predicted molar refractivity (Wildman–Crippen MR) is 74.3 cm³/mol. The van der Waals surface area contributed by atoms with Gasteiger partial charge in [0.25, 0.3) is 0 Å². The summed E-state index contributed by atoms with van der Waals surface area (Å²) in [6, 6.07) is -0.00392. The monoisotopic (exact) mass is 290 g/mol. The lowest BCUT2D eigenvalue weighted by molar-refractivity contribution is -0.119. The molecule has 5 nitrogen and oxygen atoms in total. The van der Waals surface area contributed by atoms with Crippen LogP contribution in [0.2, 0.25) is 0 Å². The lowest BCUT2D eigenvalue weighted by Crippen LogP contribution is -2.51. The SMILES string of the molecule is CC(C)(C)OC(=O)N1CCCC[C@H]1CNC(=O)CCl. The second kappa shape index (κ2) is 6.98. The summed E-state index contributed by atoms with van der Waals surface area (Å²) in [5.41, 5.74) is -0.502.